The van der Waals surface area contributed by atoms with Gasteiger partial charge in [-0.1, -0.05) is 20.8 Å². The molecule has 3 atom stereocenters. The number of nitrogens with zero attached hydrogens (tertiary/aromatic N) is 2. The third kappa shape index (κ3) is 4.41. The fourth-order valence-corrected chi connectivity index (χ4v) is 9.18. The highest BCUT2D eigenvalue weighted by atomic mass is 32.2. The Kier molecular flexibility index (Phi) is 5.64. The Bertz CT molecular complexity index is 1320. The molecule has 1 N–H and O–H groups in total. The maximum absolute atomic E-state index is 13.5. The number of carbonyl (C=O) groups is 1. The highest BCUT2D eigenvalue weighted by molar-refractivity contribution is 7.92. The number of thiazole rings is 1. The molecule has 3 unspecified atom stereocenters. The number of pyridine rings is 1. The number of rotatable bonds is 5. The molecule has 2 aliphatic rings. The van der Waals surface area contributed by atoms with Gasteiger partial charge in [-0.3, -0.25) is 15.1 Å². The summed E-state index contributed by atoms with van der Waals surface area (Å²) in [4.78, 5) is 21.5. The Balaban J connectivity index is 1.30. The van der Waals surface area contributed by atoms with Crippen molar-refractivity contribution in [3.63, 3.8) is 0 Å². The van der Waals surface area contributed by atoms with Crippen molar-refractivity contribution < 1.29 is 13.2 Å². The molecule has 0 spiro atoms. The second kappa shape index (κ2) is 8.27. The molecule has 2 saturated carbocycles. The molecule has 34 heavy (non-hydrogen) atoms. The topological polar surface area (TPSA) is 89.0 Å². The van der Waals surface area contributed by atoms with Gasteiger partial charge in [0.15, 0.2) is 15.0 Å². The molecule has 2 aliphatic carbocycles. The van der Waals surface area contributed by atoms with Crippen molar-refractivity contribution in [2.75, 3.05) is 5.32 Å². The minimum Gasteiger partial charge on any atom is -0.298 e. The first-order valence-corrected chi connectivity index (χ1v) is 14.0. The smallest absolute Gasteiger partial charge is 0.257 e. The number of nitrogens with one attached hydrogen (secondary N) is 1. The largest absolute Gasteiger partial charge is 0.298 e. The number of sulfone groups is 1. The Labute approximate surface area is 204 Å². The molecule has 1 aromatic carbocycles. The first kappa shape index (κ1) is 23.2. The van der Waals surface area contributed by atoms with E-state index in [1.807, 2.05) is 17.5 Å². The van der Waals surface area contributed by atoms with Crippen LogP contribution in [0, 0.1) is 16.7 Å². The number of hydrogen-bond acceptors (Lipinski definition) is 6. The van der Waals surface area contributed by atoms with Gasteiger partial charge in [0, 0.05) is 28.9 Å². The minimum atomic E-state index is -3.46. The van der Waals surface area contributed by atoms with Crippen LogP contribution in [0.15, 0.2) is 59.1 Å². The van der Waals surface area contributed by atoms with Gasteiger partial charge in [0.05, 0.1) is 15.8 Å². The molecule has 6 nitrogen and oxygen atoms in total. The summed E-state index contributed by atoms with van der Waals surface area (Å²) >= 11 is 1.34. The summed E-state index contributed by atoms with van der Waals surface area (Å²) in [6, 6.07) is 10.0. The summed E-state index contributed by atoms with van der Waals surface area (Å²) < 4.78 is 27.1. The van der Waals surface area contributed by atoms with Crippen LogP contribution in [0.5, 0.6) is 0 Å². The Morgan fingerprint density at radius 2 is 1.74 bits per heavy atom. The second-order valence-corrected chi connectivity index (χ2v) is 13.9. The van der Waals surface area contributed by atoms with Gasteiger partial charge >= 0.3 is 0 Å². The van der Waals surface area contributed by atoms with Crippen molar-refractivity contribution in [2.24, 2.45) is 16.7 Å². The number of anilines is 1. The zero-order valence-electron chi connectivity index (χ0n) is 19.6. The van der Waals surface area contributed by atoms with E-state index in [1.165, 1.54) is 11.3 Å². The summed E-state index contributed by atoms with van der Waals surface area (Å²) in [7, 11) is -3.46. The zero-order valence-corrected chi connectivity index (χ0v) is 21.2. The quantitative estimate of drug-likeness (QED) is 0.481. The lowest BCUT2D eigenvalue weighted by Crippen LogP contribution is -2.31. The average Bonchev–Trinajstić information content (AvgIpc) is 3.35. The van der Waals surface area contributed by atoms with Gasteiger partial charge in [0.25, 0.3) is 5.91 Å². The summed E-state index contributed by atoms with van der Waals surface area (Å²) in [6.07, 6.45) is 7.11. The second-order valence-electron chi connectivity index (χ2n) is 10.9. The first-order valence-electron chi connectivity index (χ1n) is 11.6. The maximum atomic E-state index is 13.5. The van der Waals surface area contributed by atoms with E-state index in [-0.39, 0.29) is 27.9 Å². The van der Waals surface area contributed by atoms with Crippen LogP contribution in [0.1, 0.15) is 56.8 Å². The minimum absolute atomic E-state index is 0.0901. The highest BCUT2D eigenvalue weighted by Gasteiger charge is 2.54. The van der Waals surface area contributed by atoms with E-state index in [0.29, 0.717) is 15.6 Å². The molecule has 3 aromatic rings. The fraction of sp³-hybridized carbons (Fsp3) is 0.423. The fourth-order valence-electron chi connectivity index (χ4n) is 6.27. The van der Waals surface area contributed by atoms with E-state index < -0.39 is 9.84 Å². The van der Waals surface area contributed by atoms with Gasteiger partial charge in [-0.2, -0.15) is 0 Å². The standard InChI is InChI=1S/C26H29N3O3S2/c1-25(2)12-19-13-26(3,16-25)14-22(19)34(31,32)20-6-4-18(5-7-20)23(30)29-24-28-21(15-33-24)17-8-10-27-11-9-17/h4-11,15,19,22H,12-14,16H2,1-3H3,(H,28,29,30). The lowest BCUT2D eigenvalue weighted by atomic mass is 9.65. The number of fused-ring (bicyclic) bond motifs is 2. The molecule has 2 aromatic heterocycles. The number of hydrogen-bond donors (Lipinski definition) is 1. The van der Waals surface area contributed by atoms with Crippen molar-refractivity contribution in [2.45, 2.75) is 56.6 Å². The van der Waals surface area contributed by atoms with E-state index in [2.05, 4.69) is 36.1 Å². The maximum Gasteiger partial charge on any atom is 0.257 e. The third-order valence-electron chi connectivity index (χ3n) is 7.24. The predicted octanol–water partition coefficient (Wildman–Crippen LogP) is 5.84. The molecular formula is C26H29N3O3S2. The van der Waals surface area contributed by atoms with Crippen LogP contribution in [0.25, 0.3) is 11.3 Å². The summed E-state index contributed by atoms with van der Waals surface area (Å²) in [6.45, 7) is 6.74. The summed E-state index contributed by atoms with van der Waals surface area (Å²) in [5.74, 6) is -0.119. The van der Waals surface area contributed by atoms with Gasteiger partial charge in [0.1, 0.15) is 0 Å². The van der Waals surface area contributed by atoms with Crippen molar-refractivity contribution in [1.82, 2.24) is 9.97 Å². The molecule has 1 amide bonds. The van der Waals surface area contributed by atoms with E-state index in [0.717, 1.165) is 36.9 Å². The van der Waals surface area contributed by atoms with E-state index in [9.17, 15) is 13.2 Å². The Hall–Kier alpha value is -2.58. The molecule has 2 bridgehead atoms. The van der Waals surface area contributed by atoms with Gasteiger partial charge < -0.3 is 0 Å². The number of benzene rings is 1. The molecule has 0 radical (unpaired) electrons. The van der Waals surface area contributed by atoms with Gasteiger partial charge in [-0.05, 0) is 78.8 Å². The van der Waals surface area contributed by atoms with Crippen LogP contribution in [-0.4, -0.2) is 29.5 Å². The van der Waals surface area contributed by atoms with Gasteiger partial charge in [0.2, 0.25) is 0 Å². The molecule has 178 valence electrons. The Morgan fingerprint density at radius 1 is 1.03 bits per heavy atom. The molecule has 2 fully saturated rings. The van der Waals surface area contributed by atoms with E-state index >= 15 is 0 Å². The van der Waals surface area contributed by atoms with Crippen LogP contribution in [0.2, 0.25) is 0 Å². The highest BCUT2D eigenvalue weighted by Crippen LogP contribution is 2.59. The molecule has 0 aliphatic heterocycles. The van der Waals surface area contributed by atoms with Crippen molar-refractivity contribution in [3.05, 3.63) is 59.7 Å². The number of amides is 1. The SMILES string of the molecule is CC1(C)CC2CC(C)(CC2S(=O)(=O)c2ccc(C(=O)Nc3nc(-c4ccncc4)cs3)cc2)C1. The van der Waals surface area contributed by atoms with Gasteiger partial charge in [-0.15, -0.1) is 11.3 Å². The molecule has 2 heterocycles. The van der Waals surface area contributed by atoms with Crippen LogP contribution >= 0.6 is 11.3 Å². The zero-order chi connectivity index (χ0) is 24.1. The lowest BCUT2D eigenvalue weighted by Gasteiger charge is -2.40. The normalized spacial score (nSPS) is 25.7. The van der Waals surface area contributed by atoms with Crippen LogP contribution in [0.4, 0.5) is 5.13 Å². The average molecular weight is 496 g/mol. The van der Waals surface area contributed by atoms with E-state index in [1.54, 1.807) is 36.7 Å². The van der Waals surface area contributed by atoms with E-state index in [4.69, 9.17) is 0 Å². The molecule has 8 heteroatoms. The van der Waals surface area contributed by atoms with Crippen LogP contribution < -0.4 is 5.32 Å². The number of carbonyl (C=O) groups excluding carboxylic acids is 1. The van der Waals surface area contributed by atoms with Crippen LogP contribution in [-0.2, 0) is 9.84 Å². The van der Waals surface area contributed by atoms with Crippen molar-refractivity contribution in [3.8, 4) is 11.3 Å². The molecular weight excluding hydrogens is 466 g/mol. The molecule has 5 rings (SSSR count). The Morgan fingerprint density at radius 3 is 2.44 bits per heavy atom. The van der Waals surface area contributed by atoms with Crippen molar-refractivity contribution >= 4 is 32.2 Å². The monoisotopic (exact) mass is 495 g/mol. The number of aromatic nitrogens is 2. The summed E-state index contributed by atoms with van der Waals surface area (Å²) in [5, 5.41) is 4.83. The first-order chi connectivity index (χ1) is 16.0. The van der Waals surface area contributed by atoms with Crippen molar-refractivity contribution in [1.29, 1.82) is 0 Å². The third-order valence-corrected chi connectivity index (χ3v) is 10.3. The van der Waals surface area contributed by atoms with Gasteiger partial charge in [-0.25, -0.2) is 13.4 Å². The predicted molar refractivity (Wildman–Crippen MR) is 135 cm³/mol. The summed E-state index contributed by atoms with van der Waals surface area (Å²) in [5.41, 5.74) is 2.36. The lowest BCUT2D eigenvalue weighted by molar-refractivity contribution is 0.102. The van der Waals surface area contributed by atoms with Crippen LogP contribution in [0.3, 0.4) is 0 Å². The molecule has 0 saturated heterocycles.